The van der Waals surface area contributed by atoms with Crippen molar-refractivity contribution in [1.82, 2.24) is 20.3 Å². The van der Waals surface area contributed by atoms with Gasteiger partial charge in [-0.3, -0.25) is 4.98 Å². The summed E-state index contributed by atoms with van der Waals surface area (Å²) in [7, 11) is 0. The van der Waals surface area contributed by atoms with Gasteiger partial charge in [0.05, 0.1) is 16.7 Å². The predicted molar refractivity (Wildman–Crippen MR) is 100 cm³/mol. The van der Waals surface area contributed by atoms with Crippen molar-refractivity contribution in [3.05, 3.63) is 59.7 Å². The van der Waals surface area contributed by atoms with Crippen LogP contribution in [0.2, 0.25) is 0 Å². The molecule has 3 aromatic rings. The maximum atomic E-state index is 6.32. The lowest BCUT2D eigenvalue weighted by Crippen LogP contribution is -2.32. The summed E-state index contributed by atoms with van der Waals surface area (Å²) in [5.74, 6) is 0.971. The molecule has 2 atom stereocenters. The van der Waals surface area contributed by atoms with E-state index in [1.54, 1.807) is 0 Å². The predicted octanol–water partition coefficient (Wildman–Crippen LogP) is 2.88. The molecular weight excluding hydrogens is 310 g/mol. The quantitative estimate of drug-likeness (QED) is 0.647. The van der Waals surface area contributed by atoms with Crippen molar-refractivity contribution >= 4 is 11.0 Å². The molecule has 2 heterocycles. The number of hydrogen-bond acceptors (Lipinski definition) is 4. The maximum Gasteiger partial charge on any atom is 0.108 e. The highest BCUT2D eigenvalue weighted by Gasteiger charge is 2.20. The van der Waals surface area contributed by atoms with Gasteiger partial charge in [0.2, 0.25) is 0 Å². The lowest BCUT2D eigenvalue weighted by Gasteiger charge is -2.25. The molecule has 5 heteroatoms. The molecule has 0 fully saturated rings. The normalized spacial score (nSPS) is 18.2. The fourth-order valence-corrected chi connectivity index (χ4v) is 3.70. The number of nitrogens with zero attached hydrogens (tertiary/aromatic N) is 2. The van der Waals surface area contributed by atoms with Crippen molar-refractivity contribution in [3.63, 3.8) is 0 Å². The summed E-state index contributed by atoms with van der Waals surface area (Å²) < 4.78 is 0. The number of aromatic amines is 1. The first-order valence-corrected chi connectivity index (χ1v) is 9.16. The lowest BCUT2D eigenvalue weighted by atomic mass is 9.92. The van der Waals surface area contributed by atoms with Crippen molar-refractivity contribution in [2.24, 2.45) is 5.73 Å². The third-order valence-corrected chi connectivity index (χ3v) is 4.99. The van der Waals surface area contributed by atoms with Gasteiger partial charge in [0.25, 0.3) is 0 Å². The summed E-state index contributed by atoms with van der Waals surface area (Å²) in [6, 6.07) is 12.8. The summed E-state index contributed by atoms with van der Waals surface area (Å²) in [6.45, 7) is 0.905. The summed E-state index contributed by atoms with van der Waals surface area (Å²) >= 11 is 0. The molecule has 1 aliphatic carbocycles. The molecule has 0 amide bonds. The molecule has 25 heavy (non-hydrogen) atoms. The second-order valence-corrected chi connectivity index (χ2v) is 6.90. The van der Waals surface area contributed by atoms with Crippen LogP contribution in [0.4, 0.5) is 0 Å². The lowest BCUT2D eigenvalue weighted by molar-refractivity contribution is 0.431. The molecule has 2 aromatic heterocycles. The molecule has 1 aromatic carbocycles. The topological polar surface area (TPSA) is 79.6 Å². The molecule has 4 rings (SSSR count). The average Bonchev–Trinajstić information content (AvgIpc) is 3.04. The van der Waals surface area contributed by atoms with Crippen LogP contribution in [0.15, 0.2) is 42.6 Å². The van der Waals surface area contributed by atoms with Gasteiger partial charge in [-0.15, -0.1) is 0 Å². The number of nitrogens with one attached hydrogen (secondary N) is 2. The molecular formula is C20H25N5. The largest absolute Gasteiger partial charge is 0.342 e. The number of hydrogen-bond donors (Lipinski definition) is 3. The van der Waals surface area contributed by atoms with Gasteiger partial charge in [-0.25, -0.2) is 4.98 Å². The van der Waals surface area contributed by atoms with Gasteiger partial charge in [0, 0.05) is 24.7 Å². The minimum atomic E-state index is 0.0971. The number of rotatable bonds is 6. The van der Waals surface area contributed by atoms with Crippen LogP contribution in [0.25, 0.3) is 11.0 Å². The van der Waals surface area contributed by atoms with Crippen LogP contribution in [0.3, 0.4) is 0 Å². The van der Waals surface area contributed by atoms with Crippen LogP contribution >= 0.6 is 0 Å². The van der Waals surface area contributed by atoms with Gasteiger partial charge in [-0.05, 0) is 56.0 Å². The zero-order chi connectivity index (χ0) is 17.1. The smallest absolute Gasteiger partial charge is 0.108 e. The Morgan fingerprint density at radius 3 is 3.08 bits per heavy atom. The number of benzene rings is 1. The van der Waals surface area contributed by atoms with Crippen molar-refractivity contribution < 1.29 is 0 Å². The zero-order valence-electron chi connectivity index (χ0n) is 14.4. The first-order chi connectivity index (χ1) is 12.3. The monoisotopic (exact) mass is 335 g/mol. The maximum absolute atomic E-state index is 6.32. The Balaban J connectivity index is 1.30. The van der Waals surface area contributed by atoms with Crippen LogP contribution in [0.1, 0.15) is 42.4 Å². The molecule has 1 aliphatic rings. The van der Waals surface area contributed by atoms with Crippen LogP contribution in [0, 0.1) is 0 Å². The summed E-state index contributed by atoms with van der Waals surface area (Å²) in [4.78, 5) is 12.6. The molecule has 0 saturated heterocycles. The minimum absolute atomic E-state index is 0.0971. The van der Waals surface area contributed by atoms with Crippen molar-refractivity contribution in [3.8, 4) is 0 Å². The zero-order valence-corrected chi connectivity index (χ0v) is 14.4. The second kappa shape index (κ2) is 7.33. The third kappa shape index (κ3) is 3.72. The SMILES string of the molecule is NC(CCNC1CCCc2cccnc21)Cc1nc2ccccc2[nH]1. The van der Waals surface area contributed by atoms with E-state index >= 15 is 0 Å². The van der Waals surface area contributed by atoms with Crippen molar-refractivity contribution in [2.45, 2.75) is 44.2 Å². The number of H-pyrrole nitrogens is 1. The Hall–Kier alpha value is -2.24. The highest BCUT2D eigenvalue weighted by Crippen LogP contribution is 2.27. The van der Waals surface area contributed by atoms with E-state index in [2.05, 4.69) is 26.3 Å². The Morgan fingerprint density at radius 1 is 1.24 bits per heavy atom. The molecule has 0 radical (unpaired) electrons. The van der Waals surface area contributed by atoms with Crippen molar-refractivity contribution in [1.29, 1.82) is 0 Å². The average molecular weight is 335 g/mol. The van der Waals surface area contributed by atoms with E-state index in [9.17, 15) is 0 Å². The molecule has 0 bridgehead atoms. The summed E-state index contributed by atoms with van der Waals surface area (Å²) in [6.07, 6.45) is 7.12. The van der Waals surface area contributed by atoms with Gasteiger partial charge >= 0.3 is 0 Å². The standard InChI is InChI=1S/C20H25N5/c21-15(13-19-24-16-7-1-2-8-17(16)25-19)10-12-22-18-9-3-5-14-6-4-11-23-20(14)18/h1-2,4,6-8,11,15,18,22H,3,5,9-10,12-13,21H2,(H,24,25). The number of para-hydroxylation sites is 2. The van der Waals surface area contributed by atoms with E-state index in [0.717, 1.165) is 49.1 Å². The van der Waals surface area contributed by atoms with E-state index in [1.165, 1.54) is 17.7 Å². The highest BCUT2D eigenvalue weighted by atomic mass is 15.0. The number of pyridine rings is 1. The number of aromatic nitrogens is 3. The van der Waals surface area contributed by atoms with Gasteiger partial charge in [0.15, 0.2) is 0 Å². The Kier molecular flexibility index (Phi) is 4.76. The van der Waals surface area contributed by atoms with Crippen LogP contribution in [-0.4, -0.2) is 27.5 Å². The fourth-order valence-electron chi connectivity index (χ4n) is 3.70. The molecule has 0 spiro atoms. The minimum Gasteiger partial charge on any atom is -0.342 e. The van der Waals surface area contributed by atoms with Gasteiger partial charge in [-0.2, -0.15) is 0 Å². The van der Waals surface area contributed by atoms with E-state index in [4.69, 9.17) is 5.73 Å². The molecule has 0 aliphatic heterocycles. The number of imidazole rings is 1. The first-order valence-electron chi connectivity index (χ1n) is 9.16. The number of nitrogens with two attached hydrogens (primary N) is 1. The molecule has 130 valence electrons. The molecule has 4 N–H and O–H groups in total. The molecule has 0 saturated carbocycles. The molecule has 2 unspecified atom stereocenters. The van der Waals surface area contributed by atoms with E-state index in [1.807, 2.05) is 36.5 Å². The van der Waals surface area contributed by atoms with Crippen LogP contribution in [-0.2, 0) is 12.8 Å². The van der Waals surface area contributed by atoms with E-state index in [0.29, 0.717) is 6.04 Å². The van der Waals surface area contributed by atoms with Crippen LogP contribution < -0.4 is 11.1 Å². The number of aryl methyl sites for hydroxylation is 1. The van der Waals surface area contributed by atoms with Crippen LogP contribution in [0.5, 0.6) is 0 Å². The third-order valence-electron chi connectivity index (χ3n) is 4.99. The fraction of sp³-hybridized carbons (Fsp3) is 0.400. The Bertz CT molecular complexity index is 808. The summed E-state index contributed by atoms with van der Waals surface area (Å²) in [5, 5.41) is 3.65. The Morgan fingerprint density at radius 2 is 2.16 bits per heavy atom. The van der Waals surface area contributed by atoms with Gasteiger partial charge in [-0.1, -0.05) is 18.2 Å². The first kappa shape index (κ1) is 16.2. The van der Waals surface area contributed by atoms with E-state index < -0.39 is 0 Å². The second-order valence-electron chi connectivity index (χ2n) is 6.90. The summed E-state index contributed by atoms with van der Waals surface area (Å²) in [5.41, 5.74) is 11.0. The van der Waals surface area contributed by atoms with E-state index in [-0.39, 0.29) is 6.04 Å². The highest BCUT2D eigenvalue weighted by molar-refractivity contribution is 5.74. The Labute approximate surface area is 148 Å². The van der Waals surface area contributed by atoms with Gasteiger partial charge < -0.3 is 16.0 Å². The number of fused-ring (bicyclic) bond motifs is 2. The van der Waals surface area contributed by atoms with Gasteiger partial charge in [0.1, 0.15) is 5.82 Å². The molecule has 5 nitrogen and oxygen atoms in total. The van der Waals surface area contributed by atoms with Crippen molar-refractivity contribution in [2.75, 3.05) is 6.54 Å².